The summed E-state index contributed by atoms with van der Waals surface area (Å²) in [5.41, 5.74) is 0.356. The zero-order valence-corrected chi connectivity index (χ0v) is 11.5. The standard InChI is InChI=1S/C12H11ClN4O3/c1-14-12-11(17(18)19)10(15-6-16-12)8-5-7(13)3-4-9(8)20-2/h3-6H,1-2H3,(H,14,15,16). The van der Waals surface area contributed by atoms with Gasteiger partial charge in [0.1, 0.15) is 12.1 Å². The Morgan fingerprint density at radius 2 is 2.15 bits per heavy atom. The second-order valence-corrected chi connectivity index (χ2v) is 4.21. The maximum absolute atomic E-state index is 11.3. The summed E-state index contributed by atoms with van der Waals surface area (Å²) in [5.74, 6) is 0.570. The van der Waals surface area contributed by atoms with Gasteiger partial charge in [-0.05, 0) is 18.2 Å². The molecule has 0 saturated carbocycles. The molecule has 0 amide bonds. The van der Waals surface area contributed by atoms with Crippen molar-refractivity contribution in [3.05, 3.63) is 39.7 Å². The van der Waals surface area contributed by atoms with Crippen molar-refractivity contribution in [2.45, 2.75) is 0 Å². The first-order valence-corrected chi connectivity index (χ1v) is 5.97. The van der Waals surface area contributed by atoms with Crippen LogP contribution in [0.1, 0.15) is 0 Å². The smallest absolute Gasteiger partial charge is 0.337 e. The van der Waals surface area contributed by atoms with Crippen LogP contribution in [0.15, 0.2) is 24.5 Å². The highest BCUT2D eigenvalue weighted by Crippen LogP contribution is 2.38. The van der Waals surface area contributed by atoms with E-state index in [1.807, 2.05) is 0 Å². The Hall–Kier alpha value is -2.41. The fourth-order valence-electron chi connectivity index (χ4n) is 1.80. The molecule has 7 nitrogen and oxygen atoms in total. The number of ether oxygens (including phenoxy) is 1. The first-order chi connectivity index (χ1) is 9.58. The predicted octanol–water partition coefficient (Wildman–Crippen LogP) is 2.76. The third-order valence-electron chi connectivity index (χ3n) is 2.66. The highest BCUT2D eigenvalue weighted by atomic mass is 35.5. The van der Waals surface area contributed by atoms with Crippen molar-refractivity contribution in [3.8, 4) is 17.0 Å². The van der Waals surface area contributed by atoms with E-state index in [2.05, 4.69) is 15.3 Å². The molecule has 2 rings (SSSR count). The number of aromatic nitrogens is 2. The minimum absolute atomic E-state index is 0.127. The summed E-state index contributed by atoms with van der Waals surface area (Å²) in [7, 11) is 3.02. The SMILES string of the molecule is CNc1ncnc(-c2cc(Cl)ccc2OC)c1[N+](=O)[O-]. The van der Waals surface area contributed by atoms with Crippen molar-refractivity contribution in [1.29, 1.82) is 0 Å². The van der Waals surface area contributed by atoms with Gasteiger partial charge in [0, 0.05) is 12.1 Å². The van der Waals surface area contributed by atoms with Crippen molar-refractivity contribution in [3.63, 3.8) is 0 Å². The molecule has 0 fully saturated rings. The van der Waals surface area contributed by atoms with Gasteiger partial charge >= 0.3 is 5.69 Å². The third kappa shape index (κ3) is 2.48. The number of benzene rings is 1. The summed E-state index contributed by atoms with van der Waals surface area (Å²) in [6.45, 7) is 0. The van der Waals surface area contributed by atoms with Gasteiger partial charge in [0.15, 0.2) is 5.69 Å². The van der Waals surface area contributed by atoms with Crippen LogP contribution in [0.2, 0.25) is 5.02 Å². The van der Waals surface area contributed by atoms with Gasteiger partial charge in [-0.3, -0.25) is 10.1 Å². The van der Waals surface area contributed by atoms with Crippen molar-refractivity contribution in [1.82, 2.24) is 9.97 Å². The minimum atomic E-state index is -0.540. The number of hydrogen-bond acceptors (Lipinski definition) is 6. The van der Waals surface area contributed by atoms with E-state index in [4.69, 9.17) is 16.3 Å². The van der Waals surface area contributed by atoms with E-state index in [9.17, 15) is 10.1 Å². The summed E-state index contributed by atoms with van der Waals surface area (Å²) >= 11 is 5.94. The first-order valence-electron chi connectivity index (χ1n) is 5.59. The second-order valence-electron chi connectivity index (χ2n) is 3.77. The third-order valence-corrected chi connectivity index (χ3v) is 2.89. The first kappa shape index (κ1) is 14.0. The zero-order chi connectivity index (χ0) is 14.7. The Labute approximate surface area is 119 Å². The van der Waals surface area contributed by atoms with Gasteiger partial charge in [-0.2, -0.15) is 0 Å². The number of halogens is 1. The van der Waals surface area contributed by atoms with Crippen molar-refractivity contribution < 1.29 is 9.66 Å². The molecule has 1 heterocycles. The summed E-state index contributed by atoms with van der Waals surface area (Å²) in [4.78, 5) is 18.6. The van der Waals surface area contributed by atoms with E-state index >= 15 is 0 Å². The minimum Gasteiger partial charge on any atom is -0.496 e. The van der Waals surface area contributed by atoms with E-state index in [-0.39, 0.29) is 17.2 Å². The molecule has 104 valence electrons. The molecule has 8 heteroatoms. The largest absolute Gasteiger partial charge is 0.496 e. The van der Waals surface area contributed by atoms with Crippen LogP contribution >= 0.6 is 11.6 Å². The normalized spacial score (nSPS) is 10.2. The number of anilines is 1. The van der Waals surface area contributed by atoms with E-state index in [0.717, 1.165) is 0 Å². The number of nitro groups is 1. The van der Waals surface area contributed by atoms with Crippen LogP contribution in [0.25, 0.3) is 11.3 Å². The molecule has 0 unspecified atom stereocenters. The Kier molecular flexibility index (Phi) is 3.99. The van der Waals surface area contributed by atoms with Gasteiger partial charge in [0.2, 0.25) is 5.82 Å². The maximum atomic E-state index is 11.3. The fourth-order valence-corrected chi connectivity index (χ4v) is 1.97. The molecule has 0 aliphatic heterocycles. The monoisotopic (exact) mass is 294 g/mol. The number of nitrogens with zero attached hydrogens (tertiary/aromatic N) is 3. The Morgan fingerprint density at radius 1 is 1.40 bits per heavy atom. The van der Waals surface area contributed by atoms with Crippen LogP contribution in [0.3, 0.4) is 0 Å². The molecule has 0 saturated heterocycles. The van der Waals surface area contributed by atoms with E-state index in [1.165, 1.54) is 13.4 Å². The van der Waals surface area contributed by atoms with Gasteiger partial charge in [0.25, 0.3) is 0 Å². The molecular weight excluding hydrogens is 284 g/mol. The summed E-state index contributed by atoms with van der Waals surface area (Å²) in [5, 5.41) is 14.4. The zero-order valence-electron chi connectivity index (χ0n) is 10.8. The lowest BCUT2D eigenvalue weighted by Gasteiger charge is -2.10. The summed E-state index contributed by atoms with van der Waals surface area (Å²) in [6.07, 6.45) is 1.24. The highest BCUT2D eigenvalue weighted by molar-refractivity contribution is 6.31. The average molecular weight is 295 g/mol. The van der Waals surface area contributed by atoms with Gasteiger partial charge in [-0.25, -0.2) is 9.97 Å². The number of hydrogen-bond donors (Lipinski definition) is 1. The van der Waals surface area contributed by atoms with E-state index in [1.54, 1.807) is 25.2 Å². The Morgan fingerprint density at radius 3 is 2.75 bits per heavy atom. The van der Waals surface area contributed by atoms with Crippen LogP contribution in [0, 0.1) is 10.1 Å². The molecule has 0 atom stereocenters. The van der Waals surface area contributed by atoms with Gasteiger partial charge in [0.05, 0.1) is 17.6 Å². The lowest BCUT2D eigenvalue weighted by molar-refractivity contribution is -0.383. The molecule has 0 bridgehead atoms. The second kappa shape index (κ2) is 5.70. The molecule has 20 heavy (non-hydrogen) atoms. The van der Waals surface area contributed by atoms with Crippen LogP contribution in [-0.2, 0) is 0 Å². The molecule has 0 aliphatic carbocycles. The lowest BCUT2D eigenvalue weighted by atomic mass is 10.1. The van der Waals surface area contributed by atoms with Crippen LogP contribution in [0.5, 0.6) is 5.75 Å². The summed E-state index contributed by atoms with van der Waals surface area (Å²) < 4.78 is 5.20. The van der Waals surface area contributed by atoms with E-state index in [0.29, 0.717) is 16.3 Å². The Bertz CT molecular complexity index is 663. The fraction of sp³-hybridized carbons (Fsp3) is 0.167. The highest BCUT2D eigenvalue weighted by Gasteiger charge is 2.25. The van der Waals surface area contributed by atoms with E-state index < -0.39 is 4.92 Å². The summed E-state index contributed by atoms with van der Waals surface area (Å²) in [6, 6.07) is 4.83. The molecule has 1 aromatic heterocycles. The molecule has 0 radical (unpaired) electrons. The van der Waals surface area contributed by atoms with Crippen LogP contribution < -0.4 is 10.1 Å². The predicted molar refractivity (Wildman–Crippen MR) is 75.2 cm³/mol. The molecular formula is C12H11ClN4O3. The maximum Gasteiger partial charge on any atom is 0.337 e. The van der Waals surface area contributed by atoms with Crippen molar-refractivity contribution in [2.24, 2.45) is 0 Å². The van der Waals surface area contributed by atoms with Crippen molar-refractivity contribution in [2.75, 3.05) is 19.5 Å². The quantitative estimate of drug-likeness (QED) is 0.689. The average Bonchev–Trinajstić information content (AvgIpc) is 2.46. The Balaban J connectivity index is 2.75. The van der Waals surface area contributed by atoms with Gasteiger partial charge in [-0.15, -0.1) is 0 Å². The molecule has 0 aliphatic rings. The molecule has 0 spiro atoms. The number of rotatable bonds is 4. The molecule has 1 aromatic carbocycles. The number of methoxy groups -OCH3 is 1. The van der Waals surface area contributed by atoms with Gasteiger partial charge in [-0.1, -0.05) is 11.6 Å². The lowest BCUT2D eigenvalue weighted by Crippen LogP contribution is -2.03. The molecule has 2 aromatic rings. The number of nitrogens with one attached hydrogen (secondary N) is 1. The van der Waals surface area contributed by atoms with Gasteiger partial charge < -0.3 is 10.1 Å². The van der Waals surface area contributed by atoms with Crippen molar-refractivity contribution >= 4 is 23.1 Å². The van der Waals surface area contributed by atoms with Crippen LogP contribution in [-0.4, -0.2) is 29.0 Å². The topological polar surface area (TPSA) is 90.2 Å². The van der Waals surface area contributed by atoms with Crippen LogP contribution in [0.4, 0.5) is 11.5 Å². The molecule has 1 N–H and O–H groups in total.